The SMILES string of the molecule is COc1cc(CCNC(=O)/C=C/c2ccc(C)s2)ccc1OC(F)F. The minimum Gasteiger partial charge on any atom is -0.493 e. The van der Waals surface area contributed by atoms with Crippen LogP contribution in [0.1, 0.15) is 15.3 Å². The quantitative estimate of drug-likeness (QED) is 0.717. The van der Waals surface area contributed by atoms with Crippen molar-refractivity contribution < 1.29 is 23.0 Å². The summed E-state index contributed by atoms with van der Waals surface area (Å²) >= 11 is 1.61. The number of hydrogen-bond donors (Lipinski definition) is 1. The third kappa shape index (κ3) is 6.19. The summed E-state index contributed by atoms with van der Waals surface area (Å²) in [4.78, 5) is 14.0. The normalized spacial score (nSPS) is 11.1. The third-order valence-corrected chi connectivity index (χ3v) is 4.28. The molecule has 0 aliphatic carbocycles. The second-order valence-corrected chi connectivity index (χ2v) is 6.51. The Hall–Kier alpha value is -2.41. The monoisotopic (exact) mass is 367 g/mol. The van der Waals surface area contributed by atoms with Crippen LogP contribution in [0.3, 0.4) is 0 Å². The Morgan fingerprint density at radius 2 is 2.08 bits per heavy atom. The number of alkyl halides is 2. The molecule has 1 aromatic carbocycles. The van der Waals surface area contributed by atoms with Gasteiger partial charge in [0.05, 0.1) is 7.11 Å². The Morgan fingerprint density at radius 1 is 1.28 bits per heavy atom. The van der Waals surface area contributed by atoms with Gasteiger partial charge in [-0.25, -0.2) is 0 Å². The van der Waals surface area contributed by atoms with Gasteiger partial charge in [-0.2, -0.15) is 8.78 Å². The molecule has 0 atom stereocenters. The fourth-order valence-corrected chi connectivity index (χ4v) is 2.93. The first-order valence-electron chi connectivity index (χ1n) is 7.62. The Kier molecular flexibility index (Phi) is 6.94. The average molecular weight is 367 g/mol. The van der Waals surface area contributed by atoms with E-state index < -0.39 is 6.61 Å². The molecule has 1 heterocycles. The Labute approximate surface area is 149 Å². The molecule has 1 aromatic heterocycles. The fraction of sp³-hybridized carbons (Fsp3) is 0.278. The first-order valence-corrected chi connectivity index (χ1v) is 8.43. The highest BCUT2D eigenvalue weighted by Crippen LogP contribution is 2.29. The maximum atomic E-state index is 12.3. The summed E-state index contributed by atoms with van der Waals surface area (Å²) in [6, 6.07) is 8.67. The molecular weight excluding hydrogens is 348 g/mol. The first-order chi connectivity index (χ1) is 12.0. The lowest BCUT2D eigenvalue weighted by atomic mass is 10.1. The molecule has 1 N–H and O–H groups in total. The molecule has 0 aliphatic heterocycles. The molecule has 4 nitrogen and oxygen atoms in total. The van der Waals surface area contributed by atoms with Crippen LogP contribution in [0.25, 0.3) is 6.08 Å². The molecule has 0 saturated heterocycles. The van der Waals surface area contributed by atoms with Crippen molar-refractivity contribution in [2.24, 2.45) is 0 Å². The summed E-state index contributed by atoms with van der Waals surface area (Å²) in [5, 5.41) is 2.78. The summed E-state index contributed by atoms with van der Waals surface area (Å²) in [5.41, 5.74) is 0.844. The molecule has 0 aliphatic rings. The van der Waals surface area contributed by atoms with Crippen LogP contribution in [0.4, 0.5) is 8.78 Å². The smallest absolute Gasteiger partial charge is 0.387 e. The van der Waals surface area contributed by atoms with Crippen molar-refractivity contribution in [2.75, 3.05) is 13.7 Å². The summed E-state index contributed by atoms with van der Waals surface area (Å²) in [7, 11) is 1.39. The van der Waals surface area contributed by atoms with Gasteiger partial charge in [-0.05, 0) is 49.2 Å². The highest BCUT2D eigenvalue weighted by molar-refractivity contribution is 7.12. The van der Waals surface area contributed by atoms with Gasteiger partial charge in [0.25, 0.3) is 0 Å². The zero-order valence-corrected chi connectivity index (χ0v) is 14.7. The number of hydrogen-bond acceptors (Lipinski definition) is 4. The topological polar surface area (TPSA) is 47.6 Å². The number of thiophene rings is 1. The molecule has 0 unspecified atom stereocenters. The van der Waals surface area contributed by atoms with Crippen molar-refractivity contribution in [1.82, 2.24) is 5.32 Å². The maximum absolute atomic E-state index is 12.3. The summed E-state index contributed by atoms with van der Waals surface area (Å²) in [5.74, 6) is 0.0345. The van der Waals surface area contributed by atoms with Crippen LogP contribution in [-0.4, -0.2) is 26.2 Å². The zero-order valence-electron chi connectivity index (χ0n) is 13.9. The van der Waals surface area contributed by atoms with Crippen LogP contribution in [0.15, 0.2) is 36.4 Å². The van der Waals surface area contributed by atoms with E-state index in [9.17, 15) is 13.6 Å². The van der Waals surface area contributed by atoms with E-state index in [4.69, 9.17) is 4.74 Å². The number of carbonyl (C=O) groups excluding carboxylic acids is 1. The molecule has 1 amide bonds. The van der Waals surface area contributed by atoms with Gasteiger partial charge in [-0.3, -0.25) is 4.79 Å². The molecule has 0 radical (unpaired) electrons. The lowest BCUT2D eigenvalue weighted by molar-refractivity contribution is -0.116. The van der Waals surface area contributed by atoms with E-state index >= 15 is 0 Å². The van der Waals surface area contributed by atoms with E-state index in [-0.39, 0.29) is 17.4 Å². The number of rotatable bonds is 8. The summed E-state index contributed by atoms with van der Waals surface area (Å²) < 4.78 is 34.0. The van der Waals surface area contributed by atoms with Gasteiger partial charge < -0.3 is 14.8 Å². The molecular formula is C18H19F2NO3S. The number of ether oxygens (including phenoxy) is 2. The molecule has 25 heavy (non-hydrogen) atoms. The van der Waals surface area contributed by atoms with E-state index in [0.717, 1.165) is 10.4 Å². The molecule has 2 rings (SSSR count). The number of methoxy groups -OCH3 is 1. The van der Waals surface area contributed by atoms with Crippen molar-refractivity contribution in [3.8, 4) is 11.5 Å². The van der Waals surface area contributed by atoms with Crippen LogP contribution < -0.4 is 14.8 Å². The van der Waals surface area contributed by atoms with Crippen LogP contribution in [0, 0.1) is 6.92 Å². The average Bonchev–Trinajstić information content (AvgIpc) is 2.99. The van der Waals surface area contributed by atoms with Crippen LogP contribution >= 0.6 is 11.3 Å². The Balaban J connectivity index is 1.84. The number of halogens is 2. The maximum Gasteiger partial charge on any atom is 0.387 e. The fourth-order valence-electron chi connectivity index (χ4n) is 2.15. The van der Waals surface area contributed by atoms with Crippen molar-refractivity contribution in [3.63, 3.8) is 0 Å². The van der Waals surface area contributed by atoms with Gasteiger partial charge in [0.15, 0.2) is 11.5 Å². The predicted octanol–water partition coefficient (Wildman–Crippen LogP) is 4.04. The second-order valence-electron chi connectivity index (χ2n) is 5.19. The molecule has 0 spiro atoms. The lowest BCUT2D eigenvalue weighted by Gasteiger charge is -2.11. The number of benzene rings is 1. The molecule has 2 aromatic rings. The van der Waals surface area contributed by atoms with E-state index in [1.807, 2.05) is 19.1 Å². The standard InChI is InChI=1S/C18H19F2NO3S/c1-12-3-5-14(25-12)6-8-17(22)21-10-9-13-4-7-15(24-18(19)20)16(11-13)23-2/h3-8,11,18H,9-10H2,1-2H3,(H,21,22)/b8-6+. The van der Waals surface area contributed by atoms with Gasteiger partial charge in [-0.15, -0.1) is 11.3 Å². The molecule has 0 saturated carbocycles. The number of aryl methyl sites for hydroxylation is 1. The van der Waals surface area contributed by atoms with Crippen LogP contribution in [0.2, 0.25) is 0 Å². The lowest BCUT2D eigenvalue weighted by Crippen LogP contribution is -2.23. The van der Waals surface area contributed by atoms with Crippen LogP contribution in [0.5, 0.6) is 11.5 Å². The summed E-state index contributed by atoms with van der Waals surface area (Å²) in [6.07, 6.45) is 3.81. The zero-order chi connectivity index (χ0) is 18.2. The summed E-state index contributed by atoms with van der Waals surface area (Å²) in [6.45, 7) is -0.475. The first kappa shape index (κ1) is 18.9. The molecule has 0 bridgehead atoms. The van der Waals surface area contributed by atoms with Gasteiger partial charge in [0.2, 0.25) is 5.91 Å². The highest BCUT2D eigenvalue weighted by Gasteiger charge is 2.11. The predicted molar refractivity (Wildman–Crippen MR) is 94.4 cm³/mol. The molecule has 7 heteroatoms. The van der Waals surface area contributed by atoms with Gasteiger partial charge in [-0.1, -0.05) is 6.07 Å². The third-order valence-electron chi connectivity index (χ3n) is 3.32. The number of amides is 1. The van der Waals surface area contributed by atoms with Crippen molar-refractivity contribution in [2.45, 2.75) is 20.0 Å². The number of nitrogens with one attached hydrogen (secondary N) is 1. The van der Waals surface area contributed by atoms with Crippen molar-refractivity contribution >= 4 is 23.3 Å². The van der Waals surface area contributed by atoms with Crippen molar-refractivity contribution in [3.05, 3.63) is 51.7 Å². The Morgan fingerprint density at radius 3 is 2.72 bits per heavy atom. The van der Waals surface area contributed by atoms with Gasteiger partial charge >= 0.3 is 6.61 Å². The second kappa shape index (κ2) is 9.17. The van der Waals surface area contributed by atoms with E-state index in [1.54, 1.807) is 29.5 Å². The van der Waals surface area contributed by atoms with E-state index in [0.29, 0.717) is 13.0 Å². The molecule has 134 valence electrons. The van der Waals surface area contributed by atoms with Crippen LogP contribution in [-0.2, 0) is 11.2 Å². The van der Waals surface area contributed by atoms with Gasteiger partial charge in [0.1, 0.15) is 0 Å². The van der Waals surface area contributed by atoms with E-state index in [2.05, 4.69) is 10.1 Å². The Bertz CT molecular complexity index is 744. The minimum atomic E-state index is -2.90. The van der Waals surface area contributed by atoms with Gasteiger partial charge in [0, 0.05) is 22.4 Å². The molecule has 0 fully saturated rings. The largest absolute Gasteiger partial charge is 0.493 e. The highest BCUT2D eigenvalue weighted by atomic mass is 32.1. The minimum absolute atomic E-state index is 0.0144. The number of carbonyl (C=O) groups is 1. The van der Waals surface area contributed by atoms with Crippen molar-refractivity contribution in [1.29, 1.82) is 0 Å². The van der Waals surface area contributed by atoms with E-state index in [1.165, 1.54) is 24.1 Å².